The van der Waals surface area contributed by atoms with Crippen LogP contribution in [-0.4, -0.2) is 25.4 Å². The molecule has 7 nitrogen and oxygen atoms in total. The second-order valence-electron chi connectivity index (χ2n) is 4.77. The largest absolute Gasteiger partial charge is 0.326 e. The van der Waals surface area contributed by atoms with Crippen LogP contribution in [0.2, 0.25) is 0 Å². The number of nitrogens with one attached hydrogen (secondary N) is 1. The first-order chi connectivity index (χ1) is 8.72. The molecule has 1 aliphatic carbocycles. The first kappa shape index (κ1) is 13.9. The molecule has 2 unspecified atom stereocenters. The van der Waals surface area contributed by atoms with Gasteiger partial charge in [0, 0.05) is 23.7 Å². The number of hydrogen-bond acceptors (Lipinski definition) is 5. The molecule has 8 heteroatoms. The van der Waals surface area contributed by atoms with Gasteiger partial charge in [0.1, 0.15) is 0 Å². The molecule has 0 saturated heterocycles. The summed E-state index contributed by atoms with van der Waals surface area (Å²) in [7, 11) is -3.76. The van der Waals surface area contributed by atoms with E-state index in [1.165, 1.54) is 6.07 Å². The van der Waals surface area contributed by atoms with Gasteiger partial charge in [0.15, 0.2) is 0 Å². The third-order valence-corrected chi connectivity index (χ3v) is 4.74. The van der Waals surface area contributed by atoms with E-state index in [9.17, 15) is 18.5 Å². The lowest BCUT2D eigenvalue weighted by Crippen LogP contribution is -2.29. The third-order valence-electron chi connectivity index (χ3n) is 3.27. The van der Waals surface area contributed by atoms with Gasteiger partial charge in [-0.2, -0.15) is 0 Å². The average Bonchev–Trinajstić information content (AvgIpc) is 2.96. The van der Waals surface area contributed by atoms with Gasteiger partial charge in [-0.25, -0.2) is 13.1 Å². The van der Waals surface area contributed by atoms with Gasteiger partial charge in [-0.15, -0.1) is 0 Å². The molecule has 0 aromatic heterocycles. The smallest absolute Gasteiger partial charge is 0.273 e. The molecule has 19 heavy (non-hydrogen) atoms. The lowest BCUT2D eigenvalue weighted by atomic mass is 10.1. The highest BCUT2D eigenvalue weighted by Crippen LogP contribution is 2.27. The molecule has 0 aliphatic heterocycles. The summed E-state index contributed by atoms with van der Waals surface area (Å²) in [4.78, 5) is 10.2. The third kappa shape index (κ3) is 2.75. The summed E-state index contributed by atoms with van der Waals surface area (Å²) in [5, 5.41) is 10.9. The van der Waals surface area contributed by atoms with Gasteiger partial charge in [-0.05, 0) is 31.9 Å². The zero-order valence-electron chi connectivity index (χ0n) is 10.6. The van der Waals surface area contributed by atoms with Crippen molar-refractivity contribution >= 4 is 15.7 Å². The molecule has 104 valence electrons. The number of hydrogen-bond donors (Lipinski definition) is 2. The topological polar surface area (TPSA) is 115 Å². The number of aryl methyl sites for hydroxylation is 1. The summed E-state index contributed by atoms with van der Waals surface area (Å²) < 4.78 is 26.6. The van der Waals surface area contributed by atoms with Crippen LogP contribution in [0.25, 0.3) is 0 Å². The Balaban J connectivity index is 2.42. The molecule has 1 saturated carbocycles. The second-order valence-corrected chi connectivity index (χ2v) is 6.48. The number of sulfonamides is 1. The number of benzene rings is 1. The number of nitro benzene ring substituents is 1. The van der Waals surface area contributed by atoms with E-state index in [2.05, 4.69) is 4.72 Å². The van der Waals surface area contributed by atoms with Gasteiger partial charge < -0.3 is 5.73 Å². The molecule has 0 heterocycles. The summed E-state index contributed by atoms with van der Waals surface area (Å²) >= 11 is 0. The van der Waals surface area contributed by atoms with E-state index in [0.717, 1.165) is 6.07 Å². The summed E-state index contributed by atoms with van der Waals surface area (Å²) in [5.74, 6) is 0. The van der Waals surface area contributed by atoms with Gasteiger partial charge in [-0.3, -0.25) is 10.1 Å². The van der Waals surface area contributed by atoms with E-state index >= 15 is 0 Å². The standard InChI is InChI=1S/C11H15N3O4S/c1-6-3-8(4-11(7(6)2)14(15)16)19(17,18)13-10-5-9(10)12/h3-4,9-10,13H,5,12H2,1-2H3. The van der Waals surface area contributed by atoms with E-state index in [-0.39, 0.29) is 22.7 Å². The molecule has 3 N–H and O–H groups in total. The van der Waals surface area contributed by atoms with Crippen LogP contribution in [0, 0.1) is 24.0 Å². The number of nitrogens with zero attached hydrogens (tertiary/aromatic N) is 1. The zero-order valence-corrected chi connectivity index (χ0v) is 11.4. The first-order valence-corrected chi connectivity index (χ1v) is 7.24. The van der Waals surface area contributed by atoms with Crippen molar-refractivity contribution in [1.82, 2.24) is 4.72 Å². The van der Waals surface area contributed by atoms with Crippen LogP contribution >= 0.6 is 0 Å². The predicted molar refractivity (Wildman–Crippen MR) is 69.3 cm³/mol. The van der Waals surface area contributed by atoms with Gasteiger partial charge in [-0.1, -0.05) is 0 Å². The first-order valence-electron chi connectivity index (χ1n) is 5.76. The van der Waals surface area contributed by atoms with Crippen molar-refractivity contribution in [2.45, 2.75) is 37.2 Å². The summed E-state index contributed by atoms with van der Waals surface area (Å²) in [6.07, 6.45) is 0.589. The fraction of sp³-hybridized carbons (Fsp3) is 0.455. The molecule has 0 spiro atoms. The van der Waals surface area contributed by atoms with Crippen molar-refractivity contribution in [3.63, 3.8) is 0 Å². The lowest BCUT2D eigenvalue weighted by molar-refractivity contribution is -0.385. The Bertz CT molecular complexity index is 642. The minimum absolute atomic E-state index is 0.0959. The molecule has 2 atom stereocenters. The predicted octanol–water partition coefficient (Wildman–Crippen LogP) is 0.590. The van der Waals surface area contributed by atoms with Gasteiger partial charge in [0.2, 0.25) is 10.0 Å². The Morgan fingerprint density at radius 1 is 1.42 bits per heavy atom. The van der Waals surface area contributed by atoms with E-state index in [1.54, 1.807) is 13.8 Å². The van der Waals surface area contributed by atoms with Crippen LogP contribution in [0.15, 0.2) is 17.0 Å². The summed E-state index contributed by atoms with van der Waals surface area (Å²) in [6, 6.07) is 2.07. The Morgan fingerprint density at radius 3 is 2.47 bits per heavy atom. The van der Waals surface area contributed by atoms with Crippen molar-refractivity contribution in [3.8, 4) is 0 Å². The number of nitrogens with two attached hydrogens (primary N) is 1. The fourth-order valence-corrected chi connectivity index (χ4v) is 3.17. The van der Waals surface area contributed by atoms with Gasteiger partial charge in [0.25, 0.3) is 5.69 Å². The monoisotopic (exact) mass is 285 g/mol. The van der Waals surface area contributed by atoms with Crippen LogP contribution < -0.4 is 10.5 Å². The highest BCUT2D eigenvalue weighted by atomic mass is 32.2. The fourth-order valence-electron chi connectivity index (χ4n) is 1.77. The zero-order chi connectivity index (χ0) is 14.4. The maximum Gasteiger partial charge on any atom is 0.273 e. The van der Waals surface area contributed by atoms with Crippen molar-refractivity contribution in [2.75, 3.05) is 0 Å². The molecule has 1 aromatic rings. The molecule has 1 aliphatic rings. The van der Waals surface area contributed by atoms with Gasteiger partial charge in [0.05, 0.1) is 9.82 Å². The lowest BCUT2D eigenvalue weighted by Gasteiger charge is -2.08. The van der Waals surface area contributed by atoms with Crippen LogP contribution in [0.3, 0.4) is 0 Å². The number of rotatable bonds is 4. The van der Waals surface area contributed by atoms with Crippen LogP contribution in [0.1, 0.15) is 17.5 Å². The molecule has 2 rings (SSSR count). The van der Waals surface area contributed by atoms with Crippen LogP contribution in [-0.2, 0) is 10.0 Å². The molecule has 1 fully saturated rings. The molecule has 0 bridgehead atoms. The normalized spacial score (nSPS) is 22.3. The second kappa shape index (κ2) is 4.55. The Kier molecular flexibility index (Phi) is 3.33. The average molecular weight is 285 g/mol. The molecule has 0 radical (unpaired) electrons. The highest BCUT2D eigenvalue weighted by molar-refractivity contribution is 7.89. The Morgan fingerprint density at radius 2 is 2.00 bits per heavy atom. The van der Waals surface area contributed by atoms with E-state index in [1.807, 2.05) is 0 Å². The van der Waals surface area contributed by atoms with Crippen molar-refractivity contribution in [2.24, 2.45) is 5.73 Å². The van der Waals surface area contributed by atoms with E-state index in [4.69, 9.17) is 5.73 Å². The summed E-state index contributed by atoms with van der Waals surface area (Å²) in [6.45, 7) is 3.23. The van der Waals surface area contributed by atoms with E-state index in [0.29, 0.717) is 17.5 Å². The summed E-state index contributed by atoms with van der Waals surface area (Å²) in [5.41, 5.74) is 6.38. The quantitative estimate of drug-likeness (QED) is 0.620. The molecular formula is C11H15N3O4S. The SMILES string of the molecule is Cc1cc(S(=O)(=O)NC2CC2N)cc([N+](=O)[O-])c1C. The molecular weight excluding hydrogens is 270 g/mol. The maximum atomic E-state index is 12.1. The van der Waals surface area contributed by atoms with Gasteiger partial charge >= 0.3 is 0 Å². The van der Waals surface area contributed by atoms with Crippen LogP contribution in [0.5, 0.6) is 0 Å². The maximum absolute atomic E-state index is 12.1. The Hall–Kier alpha value is -1.51. The van der Waals surface area contributed by atoms with E-state index < -0.39 is 14.9 Å². The van der Waals surface area contributed by atoms with Crippen molar-refractivity contribution in [3.05, 3.63) is 33.4 Å². The van der Waals surface area contributed by atoms with Crippen molar-refractivity contribution in [1.29, 1.82) is 0 Å². The molecule has 0 amide bonds. The highest BCUT2D eigenvalue weighted by Gasteiger charge is 2.37. The minimum Gasteiger partial charge on any atom is -0.326 e. The number of nitro groups is 1. The van der Waals surface area contributed by atoms with Crippen molar-refractivity contribution < 1.29 is 13.3 Å². The van der Waals surface area contributed by atoms with Crippen LogP contribution in [0.4, 0.5) is 5.69 Å². The molecule has 1 aromatic carbocycles. The Labute approximate surface area is 111 Å². The minimum atomic E-state index is -3.76.